The maximum Gasteiger partial charge on any atom is 0.119 e. The summed E-state index contributed by atoms with van der Waals surface area (Å²) in [5, 5.41) is 0. The van der Waals surface area contributed by atoms with Crippen molar-refractivity contribution in [1.82, 2.24) is 0 Å². The fraction of sp³-hybridized carbons (Fsp3) is 0.143. The number of benzene rings is 2. The Morgan fingerprint density at radius 3 is 2.29 bits per heavy atom. The molecule has 0 heterocycles. The minimum Gasteiger partial charge on any atom is -0.497 e. The van der Waals surface area contributed by atoms with Crippen LogP contribution in [0.15, 0.2) is 42.5 Å². The third-order valence-corrected chi connectivity index (χ3v) is 2.76. The minimum absolute atomic E-state index is 0.718. The molecule has 2 rings (SSSR count). The quantitative estimate of drug-likeness (QED) is 0.793. The van der Waals surface area contributed by atoms with Gasteiger partial charge >= 0.3 is 0 Å². The molecule has 3 heteroatoms. The highest BCUT2D eigenvalue weighted by Gasteiger charge is 2.05. The van der Waals surface area contributed by atoms with Gasteiger partial charge in [0.2, 0.25) is 0 Å². The zero-order valence-corrected chi connectivity index (χ0v) is 9.81. The van der Waals surface area contributed by atoms with Crippen molar-refractivity contribution in [3.05, 3.63) is 53.6 Å². The van der Waals surface area contributed by atoms with E-state index in [9.17, 15) is 0 Å². The molecule has 0 aliphatic heterocycles. The van der Waals surface area contributed by atoms with E-state index in [-0.39, 0.29) is 0 Å². The molecule has 0 aromatic heterocycles. The van der Waals surface area contributed by atoms with Crippen LogP contribution in [0.5, 0.6) is 5.75 Å². The second-order valence-corrected chi connectivity index (χ2v) is 3.94. The second kappa shape index (κ2) is 4.78. The van der Waals surface area contributed by atoms with Gasteiger partial charge in [-0.25, -0.2) is 0 Å². The average Bonchev–Trinajstić information content (AvgIpc) is 2.34. The maximum atomic E-state index is 5.93. The van der Waals surface area contributed by atoms with E-state index >= 15 is 0 Å². The standard InChI is InChI=1S/C14H16N2O/c1-17-11-5-2-4-10(8-11)9-12-13(15)6-3-7-14(12)16/h2-8H,9,15-16H2,1H3. The number of ether oxygens (including phenoxy) is 1. The van der Waals surface area contributed by atoms with E-state index in [4.69, 9.17) is 16.2 Å². The molecule has 3 nitrogen and oxygen atoms in total. The lowest BCUT2D eigenvalue weighted by Crippen LogP contribution is -2.01. The Hall–Kier alpha value is -2.16. The zero-order valence-electron chi connectivity index (χ0n) is 9.81. The van der Waals surface area contributed by atoms with Gasteiger partial charge in [-0.2, -0.15) is 0 Å². The van der Waals surface area contributed by atoms with Crippen LogP contribution in [-0.2, 0) is 6.42 Å². The Kier molecular flexibility index (Phi) is 3.19. The Morgan fingerprint density at radius 1 is 1.00 bits per heavy atom. The lowest BCUT2D eigenvalue weighted by molar-refractivity contribution is 0.414. The lowest BCUT2D eigenvalue weighted by Gasteiger charge is -2.10. The van der Waals surface area contributed by atoms with E-state index in [0.717, 1.165) is 34.7 Å². The summed E-state index contributed by atoms with van der Waals surface area (Å²) in [6.07, 6.45) is 0.718. The number of hydrogen-bond acceptors (Lipinski definition) is 3. The molecule has 0 aliphatic rings. The summed E-state index contributed by atoms with van der Waals surface area (Å²) >= 11 is 0. The maximum absolute atomic E-state index is 5.93. The number of hydrogen-bond donors (Lipinski definition) is 2. The van der Waals surface area contributed by atoms with Gasteiger partial charge in [-0.3, -0.25) is 0 Å². The highest BCUT2D eigenvalue weighted by molar-refractivity contribution is 5.62. The van der Waals surface area contributed by atoms with Crippen molar-refractivity contribution in [3.63, 3.8) is 0 Å². The van der Waals surface area contributed by atoms with Crippen LogP contribution < -0.4 is 16.2 Å². The summed E-state index contributed by atoms with van der Waals surface area (Å²) in [6, 6.07) is 13.5. The van der Waals surface area contributed by atoms with E-state index < -0.39 is 0 Å². The Labute approximate surface area is 101 Å². The Bertz CT molecular complexity index is 503. The Morgan fingerprint density at radius 2 is 1.65 bits per heavy atom. The molecule has 4 N–H and O–H groups in total. The van der Waals surface area contributed by atoms with Gasteiger partial charge in [-0.05, 0) is 29.8 Å². The second-order valence-electron chi connectivity index (χ2n) is 3.94. The van der Waals surface area contributed by atoms with Gasteiger partial charge in [0.25, 0.3) is 0 Å². The summed E-state index contributed by atoms with van der Waals surface area (Å²) in [5.41, 5.74) is 15.4. The summed E-state index contributed by atoms with van der Waals surface area (Å²) in [6.45, 7) is 0. The molecular formula is C14H16N2O. The van der Waals surface area contributed by atoms with Gasteiger partial charge in [0.05, 0.1) is 7.11 Å². The minimum atomic E-state index is 0.718. The van der Waals surface area contributed by atoms with Crippen molar-refractivity contribution >= 4 is 11.4 Å². The topological polar surface area (TPSA) is 61.3 Å². The molecule has 0 amide bonds. The van der Waals surface area contributed by atoms with E-state index in [1.807, 2.05) is 42.5 Å². The van der Waals surface area contributed by atoms with Gasteiger partial charge in [-0.15, -0.1) is 0 Å². The summed E-state index contributed by atoms with van der Waals surface area (Å²) < 4.78 is 5.19. The molecule has 0 saturated heterocycles. The first-order valence-electron chi connectivity index (χ1n) is 5.46. The van der Waals surface area contributed by atoms with E-state index in [2.05, 4.69) is 0 Å². The van der Waals surface area contributed by atoms with Crippen molar-refractivity contribution < 1.29 is 4.74 Å². The van der Waals surface area contributed by atoms with Crippen LogP contribution in [0.1, 0.15) is 11.1 Å². The third-order valence-electron chi connectivity index (χ3n) is 2.76. The molecule has 2 aromatic rings. The smallest absolute Gasteiger partial charge is 0.119 e. The lowest BCUT2D eigenvalue weighted by atomic mass is 10.0. The normalized spacial score (nSPS) is 10.2. The first-order valence-corrected chi connectivity index (χ1v) is 5.46. The Balaban J connectivity index is 2.31. The first kappa shape index (κ1) is 11.3. The SMILES string of the molecule is COc1cccc(Cc2c(N)cccc2N)c1. The van der Waals surface area contributed by atoms with E-state index in [1.54, 1.807) is 7.11 Å². The van der Waals surface area contributed by atoms with Crippen molar-refractivity contribution in [2.24, 2.45) is 0 Å². The van der Waals surface area contributed by atoms with Crippen LogP contribution in [-0.4, -0.2) is 7.11 Å². The highest BCUT2D eigenvalue weighted by Crippen LogP contribution is 2.24. The van der Waals surface area contributed by atoms with Crippen molar-refractivity contribution in [2.75, 3.05) is 18.6 Å². The molecule has 88 valence electrons. The van der Waals surface area contributed by atoms with Crippen molar-refractivity contribution in [2.45, 2.75) is 6.42 Å². The number of anilines is 2. The molecule has 0 saturated carbocycles. The van der Waals surface area contributed by atoms with Crippen LogP contribution in [0.4, 0.5) is 11.4 Å². The number of rotatable bonds is 3. The van der Waals surface area contributed by atoms with Crippen molar-refractivity contribution in [1.29, 1.82) is 0 Å². The largest absolute Gasteiger partial charge is 0.497 e. The van der Waals surface area contributed by atoms with Gasteiger partial charge in [-0.1, -0.05) is 18.2 Å². The number of nitrogens with two attached hydrogens (primary N) is 2. The fourth-order valence-electron chi connectivity index (χ4n) is 1.81. The van der Waals surface area contributed by atoms with Gasteiger partial charge in [0, 0.05) is 23.4 Å². The van der Waals surface area contributed by atoms with Crippen molar-refractivity contribution in [3.8, 4) is 5.75 Å². The highest BCUT2D eigenvalue weighted by atomic mass is 16.5. The van der Waals surface area contributed by atoms with Gasteiger partial charge in [0.1, 0.15) is 5.75 Å². The summed E-state index contributed by atoms with van der Waals surface area (Å²) in [7, 11) is 1.66. The summed E-state index contributed by atoms with van der Waals surface area (Å²) in [5.74, 6) is 0.843. The van der Waals surface area contributed by atoms with E-state index in [1.165, 1.54) is 0 Å². The molecule has 17 heavy (non-hydrogen) atoms. The molecule has 0 bridgehead atoms. The monoisotopic (exact) mass is 228 g/mol. The number of methoxy groups -OCH3 is 1. The van der Waals surface area contributed by atoms with Crippen LogP contribution in [0.3, 0.4) is 0 Å². The summed E-state index contributed by atoms with van der Waals surface area (Å²) in [4.78, 5) is 0. The molecular weight excluding hydrogens is 212 g/mol. The van der Waals surface area contributed by atoms with Crippen LogP contribution in [0.25, 0.3) is 0 Å². The fourth-order valence-corrected chi connectivity index (χ4v) is 1.81. The first-order chi connectivity index (χ1) is 8.20. The number of nitrogen functional groups attached to an aromatic ring is 2. The molecule has 0 spiro atoms. The van der Waals surface area contributed by atoms with Crippen LogP contribution in [0, 0.1) is 0 Å². The molecule has 2 aromatic carbocycles. The zero-order chi connectivity index (χ0) is 12.3. The van der Waals surface area contributed by atoms with Crippen LogP contribution >= 0.6 is 0 Å². The molecule has 0 atom stereocenters. The van der Waals surface area contributed by atoms with E-state index in [0.29, 0.717) is 0 Å². The van der Waals surface area contributed by atoms with Gasteiger partial charge < -0.3 is 16.2 Å². The third kappa shape index (κ3) is 2.50. The van der Waals surface area contributed by atoms with Crippen LogP contribution in [0.2, 0.25) is 0 Å². The molecule has 0 unspecified atom stereocenters. The molecule has 0 radical (unpaired) electrons. The average molecular weight is 228 g/mol. The molecule has 0 aliphatic carbocycles. The molecule has 0 fully saturated rings. The van der Waals surface area contributed by atoms with Gasteiger partial charge in [0.15, 0.2) is 0 Å². The predicted molar refractivity (Wildman–Crippen MR) is 71.1 cm³/mol. The predicted octanol–water partition coefficient (Wildman–Crippen LogP) is 2.45.